The van der Waals surface area contributed by atoms with Crippen LogP contribution in [0.5, 0.6) is 5.75 Å². The van der Waals surface area contributed by atoms with E-state index < -0.39 is 5.97 Å². The van der Waals surface area contributed by atoms with Gasteiger partial charge in [-0.3, -0.25) is 4.79 Å². The first-order chi connectivity index (χ1) is 13.7. The van der Waals surface area contributed by atoms with Gasteiger partial charge in [0.25, 0.3) is 5.91 Å². The molecule has 5 heteroatoms. The second-order valence-corrected chi connectivity index (χ2v) is 6.05. The van der Waals surface area contributed by atoms with E-state index in [0.29, 0.717) is 35.8 Å². The summed E-state index contributed by atoms with van der Waals surface area (Å²) in [4.78, 5) is 24.2. The van der Waals surface area contributed by atoms with Crippen LogP contribution in [-0.2, 0) is 11.3 Å². The molecule has 0 saturated carbocycles. The molecule has 142 valence electrons. The lowest BCUT2D eigenvalue weighted by molar-refractivity contribution is 0.0526. The quantitative estimate of drug-likeness (QED) is 0.608. The normalized spacial score (nSPS) is 10.2. The van der Waals surface area contributed by atoms with Gasteiger partial charge in [-0.1, -0.05) is 36.4 Å². The molecule has 0 fully saturated rings. The summed E-state index contributed by atoms with van der Waals surface area (Å²) in [5.74, 6) is -0.00107. The third-order valence-electron chi connectivity index (χ3n) is 4.00. The number of carbonyl (C=O) groups excluding carboxylic acids is 2. The zero-order chi connectivity index (χ0) is 19.8. The van der Waals surface area contributed by atoms with Gasteiger partial charge < -0.3 is 14.8 Å². The molecule has 0 heterocycles. The van der Waals surface area contributed by atoms with Crippen LogP contribution < -0.4 is 10.1 Å². The molecule has 3 aromatic rings. The Morgan fingerprint density at radius 1 is 0.857 bits per heavy atom. The summed E-state index contributed by atoms with van der Waals surface area (Å²) in [6.45, 7) is 2.51. The second-order valence-electron chi connectivity index (χ2n) is 6.05. The Morgan fingerprint density at radius 2 is 1.61 bits per heavy atom. The topological polar surface area (TPSA) is 64.6 Å². The highest BCUT2D eigenvalue weighted by Crippen LogP contribution is 2.17. The number of anilines is 1. The molecule has 3 aromatic carbocycles. The molecule has 1 N–H and O–H groups in total. The molecule has 0 saturated heterocycles. The third kappa shape index (κ3) is 5.20. The first-order valence-electron chi connectivity index (χ1n) is 9.01. The number of amides is 1. The van der Waals surface area contributed by atoms with E-state index in [9.17, 15) is 9.59 Å². The molecule has 0 atom stereocenters. The molecule has 1 amide bonds. The van der Waals surface area contributed by atoms with Crippen molar-refractivity contribution in [2.75, 3.05) is 11.9 Å². The van der Waals surface area contributed by atoms with Crippen molar-refractivity contribution < 1.29 is 19.1 Å². The van der Waals surface area contributed by atoms with E-state index in [0.717, 1.165) is 5.56 Å². The van der Waals surface area contributed by atoms with Gasteiger partial charge in [0.1, 0.15) is 12.4 Å². The fraction of sp³-hybridized carbons (Fsp3) is 0.130. The summed E-state index contributed by atoms with van der Waals surface area (Å²) in [5.41, 5.74) is 2.49. The molecule has 28 heavy (non-hydrogen) atoms. The van der Waals surface area contributed by atoms with E-state index in [1.807, 2.05) is 30.3 Å². The standard InChI is InChI=1S/C23H21NO4/c1-2-27-23(26)19-9-6-10-20(15-19)24-22(25)18-11-13-21(14-12-18)28-16-17-7-4-3-5-8-17/h3-15H,2,16H2,1H3,(H,24,25). The Labute approximate surface area is 163 Å². The van der Waals surface area contributed by atoms with Gasteiger partial charge in [0, 0.05) is 11.3 Å². The number of hydrogen-bond acceptors (Lipinski definition) is 4. The molecule has 3 rings (SSSR count). The molecule has 0 spiro atoms. The molecule has 0 aliphatic rings. The van der Waals surface area contributed by atoms with Gasteiger partial charge in [0.2, 0.25) is 0 Å². The van der Waals surface area contributed by atoms with Crippen LogP contribution in [0, 0.1) is 0 Å². The van der Waals surface area contributed by atoms with Crippen LogP contribution in [0.15, 0.2) is 78.9 Å². The number of hydrogen-bond donors (Lipinski definition) is 1. The summed E-state index contributed by atoms with van der Waals surface area (Å²) >= 11 is 0. The van der Waals surface area contributed by atoms with E-state index >= 15 is 0 Å². The van der Waals surface area contributed by atoms with Gasteiger partial charge in [-0.15, -0.1) is 0 Å². The summed E-state index contributed by atoms with van der Waals surface area (Å²) < 4.78 is 10.7. The van der Waals surface area contributed by atoms with Crippen molar-refractivity contribution in [2.24, 2.45) is 0 Å². The van der Waals surface area contributed by atoms with Crippen LogP contribution in [0.2, 0.25) is 0 Å². The zero-order valence-electron chi connectivity index (χ0n) is 15.6. The van der Waals surface area contributed by atoms with E-state index in [1.165, 1.54) is 0 Å². The monoisotopic (exact) mass is 375 g/mol. The van der Waals surface area contributed by atoms with Crippen molar-refractivity contribution in [2.45, 2.75) is 13.5 Å². The Bertz CT molecular complexity index is 936. The number of nitrogens with one attached hydrogen (secondary N) is 1. The van der Waals surface area contributed by atoms with Gasteiger partial charge in [-0.2, -0.15) is 0 Å². The van der Waals surface area contributed by atoms with Gasteiger partial charge in [0.15, 0.2) is 0 Å². The predicted octanol–water partition coefficient (Wildman–Crippen LogP) is 4.69. The lowest BCUT2D eigenvalue weighted by Crippen LogP contribution is -2.12. The van der Waals surface area contributed by atoms with Crippen LogP contribution >= 0.6 is 0 Å². The van der Waals surface area contributed by atoms with Crippen molar-refractivity contribution in [1.29, 1.82) is 0 Å². The lowest BCUT2D eigenvalue weighted by Gasteiger charge is -2.09. The molecule has 0 aromatic heterocycles. The maximum atomic E-state index is 12.4. The van der Waals surface area contributed by atoms with Gasteiger partial charge >= 0.3 is 5.97 Å². The third-order valence-corrected chi connectivity index (χ3v) is 4.00. The highest BCUT2D eigenvalue weighted by atomic mass is 16.5. The number of benzene rings is 3. The van der Waals surface area contributed by atoms with Crippen molar-refractivity contribution >= 4 is 17.6 Å². The number of carbonyl (C=O) groups is 2. The van der Waals surface area contributed by atoms with Crippen LogP contribution in [0.4, 0.5) is 5.69 Å². The van der Waals surface area contributed by atoms with E-state index in [-0.39, 0.29) is 5.91 Å². The predicted molar refractivity (Wildman–Crippen MR) is 108 cm³/mol. The maximum Gasteiger partial charge on any atom is 0.338 e. The second kappa shape index (κ2) is 9.37. The van der Waals surface area contributed by atoms with Gasteiger partial charge in [0.05, 0.1) is 12.2 Å². The summed E-state index contributed by atoms with van der Waals surface area (Å²) in [7, 11) is 0. The number of ether oxygens (including phenoxy) is 2. The SMILES string of the molecule is CCOC(=O)c1cccc(NC(=O)c2ccc(OCc3ccccc3)cc2)c1. The van der Waals surface area contributed by atoms with Crippen LogP contribution in [-0.4, -0.2) is 18.5 Å². The number of esters is 1. The van der Waals surface area contributed by atoms with Crippen molar-refractivity contribution in [3.63, 3.8) is 0 Å². The average molecular weight is 375 g/mol. The molecule has 0 aliphatic heterocycles. The zero-order valence-corrected chi connectivity index (χ0v) is 15.6. The first-order valence-corrected chi connectivity index (χ1v) is 9.01. The largest absolute Gasteiger partial charge is 0.489 e. The molecule has 0 aliphatic carbocycles. The molecule has 0 unspecified atom stereocenters. The molecule has 0 bridgehead atoms. The Kier molecular flexibility index (Phi) is 6.41. The highest BCUT2D eigenvalue weighted by molar-refractivity contribution is 6.04. The van der Waals surface area contributed by atoms with E-state index in [2.05, 4.69) is 5.32 Å². The summed E-state index contributed by atoms with van der Waals surface area (Å²) in [6, 6.07) is 23.4. The van der Waals surface area contributed by atoms with Crippen LogP contribution in [0.25, 0.3) is 0 Å². The Morgan fingerprint density at radius 3 is 2.32 bits per heavy atom. The minimum absolute atomic E-state index is 0.268. The summed E-state index contributed by atoms with van der Waals surface area (Å²) in [5, 5.41) is 2.79. The van der Waals surface area contributed by atoms with E-state index in [4.69, 9.17) is 9.47 Å². The van der Waals surface area contributed by atoms with Gasteiger partial charge in [-0.25, -0.2) is 4.79 Å². The number of rotatable bonds is 7. The Hall–Kier alpha value is -3.60. The fourth-order valence-electron chi connectivity index (χ4n) is 2.59. The van der Waals surface area contributed by atoms with Crippen molar-refractivity contribution in [3.8, 4) is 5.75 Å². The highest BCUT2D eigenvalue weighted by Gasteiger charge is 2.10. The first kappa shape index (κ1) is 19.2. The maximum absolute atomic E-state index is 12.4. The van der Waals surface area contributed by atoms with Crippen LogP contribution in [0.3, 0.4) is 0 Å². The van der Waals surface area contributed by atoms with E-state index in [1.54, 1.807) is 55.5 Å². The van der Waals surface area contributed by atoms with Crippen molar-refractivity contribution in [1.82, 2.24) is 0 Å². The fourth-order valence-corrected chi connectivity index (χ4v) is 2.59. The smallest absolute Gasteiger partial charge is 0.338 e. The lowest BCUT2D eigenvalue weighted by atomic mass is 10.1. The average Bonchev–Trinajstić information content (AvgIpc) is 2.74. The molecular weight excluding hydrogens is 354 g/mol. The molecule has 5 nitrogen and oxygen atoms in total. The molecular formula is C23H21NO4. The van der Waals surface area contributed by atoms with Crippen molar-refractivity contribution in [3.05, 3.63) is 95.6 Å². The Balaban J connectivity index is 1.60. The van der Waals surface area contributed by atoms with Crippen LogP contribution in [0.1, 0.15) is 33.2 Å². The summed E-state index contributed by atoms with van der Waals surface area (Å²) in [6.07, 6.45) is 0. The molecule has 0 radical (unpaired) electrons. The minimum atomic E-state index is -0.418. The minimum Gasteiger partial charge on any atom is -0.489 e. The van der Waals surface area contributed by atoms with Gasteiger partial charge in [-0.05, 0) is 55.0 Å².